The Bertz CT molecular complexity index is 300. The molecule has 3 heteroatoms. The van der Waals surface area contributed by atoms with E-state index in [9.17, 15) is 0 Å². The smallest absolute Gasteiger partial charge is 0.142 e. The molecule has 2 N–H and O–H groups in total. The number of anilines is 1. The number of para-hydroxylation sites is 2. The molecular formula is C13H21NO2. The van der Waals surface area contributed by atoms with E-state index in [-0.39, 0.29) is 12.7 Å². The molecule has 0 aliphatic carbocycles. The van der Waals surface area contributed by atoms with Crippen molar-refractivity contribution < 1.29 is 9.84 Å². The summed E-state index contributed by atoms with van der Waals surface area (Å²) in [6.45, 7) is 5.15. The van der Waals surface area contributed by atoms with Crippen molar-refractivity contribution in [1.29, 1.82) is 0 Å². The number of unbranched alkanes of at least 4 members (excludes halogenated alkanes) is 1. The van der Waals surface area contributed by atoms with Crippen molar-refractivity contribution in [3.63, 3.8) is 0 Å². The Kier molecular flexibility index (Phi) is 5.72. The van der Waals surface area contributed by atoms with E-state index in [1.165, 1.54) is 0 Å². The third kappa shape index (κ3) is 4.53. The first-order valence-corrected chi connectivity index (χ1v) is 5.84. The van der Waals surface area contributed by atoms with Gasteiger partial charge in [-0.25, -0.2) is 0 Å². The average Bonchev–Trinajstić information content (AvgIpc) is 2.26. The average molecular weight is 223 g/mol. The summed E-state index contributed by atoms with van der Waals surface area (Å²) in [6, 6.07) is 7.93. The molecule has 0 saturated heterocycles. The number of ether oxygens (including phenoxy) is 1. The zero-order chi connectivity index (χ0) is 11.8. The van der Waals surface area contributed by atoms with Crippen LogP contribution in [0.3, 0.4) is 0 Å². The first-order valence-electron chi connectivity index (χ1n) is 5.84. The van der Waals surface area contributed by atoms with Crippen molar-refractivity contribution in [2.45, 2.75) is 32.8 Å². The Morgan fingerprint density at radius 1 is 1.25 bits per heavy atom. The van der Waals surface area contributed by atoms with Gasteiger partial charge >= 0.3 is 0 Å². The van der Waals surface area contributed by atoms with Gasteiger partial charge in [-0.15, -0.1) is 0 Å². The summed E-state index contributed by atoms with van der Waals surface area (Å²) in [6.07, 6.45) is 1.98. The zero-order valence-corrected chi connectivity index (χ0v) is 10.1. The van der Waals surface area contributed by atoms with E-state index in [2.05, 4.69) is 5.32 Å². The van der Waals surface area contributed by atoms with Gasteiger partial charge in [-0.1, -0.05) is 12.1 Å². The fraction of sp³-hybridized carbons (Fsp3) is 0.538. The molecule has 1 aromatic rings. The lowest BCUT2D eigenvalue weighted by Crippen LogP contribution is -2.09. The van der Waals surface area contributed by atoms with Gasteiger partial charge < -0.3 is 15.2 Å². The third-order valence-electron chi connectivity index (χ3n) is 2.15. The molecule has 90 valence electrons. The Labute approximate surface area is 97.4 Å². The number of rotatable bonds is 7. The van der Waals surface area contributed by atoms with Crippen LogP contribution in [0.1, 0.15) is 26.7 Å². The molecule has 0 radical (unpaired) electrons. The molecular weight excluding hydrogens is 202 g/mol. The highest BCUT2D eigenvalue weighted by molar-refractivity contribution is 5.56. The van der Waals surface area contributed by atoms with Gasteiger partial charge in [0, 0.05) is 13.2 Å². The predicted molar refractivity (Wildman–Crippen MR) is 67.0 cm³/mol. The maximum Gasteiger partial charge on any atom is 0.142 e. The second kappa shape index (κ2) is 7.12. The lowest BCUT2D eigenvalue weighted by atomic mass is 10.2. The fourth-order valence-corrected chi connectivity index (χ4v) is 1.43. The molecule has 0 atom stereocenters. The van der Waals surface area contributed by atoms with E-state index in [4.69, 9.17) is 9.84 Å². The van der Waals surface area contributed by atoms with Crippen LogP contribution in [0.4, 0.5) is 5.69 Å². The zero-order valence-electron chi connectivity index (χ0n) is 10.1. The summed E-state index contributed by atoms with van der Waals surface area (Å²) in [4.78, 5) is 0. The summed E-state index contributed by atoms with van der Waals surface area (Å²) in [7, 11) is 0. The van der Waals surface area contributed by atoms with Gasteiger partial charge in [0.15, 0.2) is 0 Å². The third-order valence-corrected chi connectivity index (χ3v) is 2.15. The lowest BCUT2D eigenvalue weighted by molar-refractivity contribution is 0.243. The van der Waals surface area contributed by atoms with E-state index in [1.54, 1.807) is 0 Å². The van der Waals surface area contributed by atoms with Crippen LogP contribution in [0.5, 0.6) is 5.75 Å². The minimum atomic E-state index is 0.181. The standard InChI is InChI=1S/C13H21NO2/c1-11(2)16-13-8-4-3-7-12(13)14-9-5-6-10-15/h3-4,7-8,11,14-15H,5-6,9-10H2,1-2H3. The van der Waals surface area contributed by atoms with Crippen LogP contribution in [-0.4, -0.2) is 24.4 Å². The van der Waals surface area contributed by atoms with E-state index in [1.807, 2.05) is 38.1 Å². The van der Waals surface area contributed by atoms with E-state index in [0.717, 1.165) is 30.8 Å². The summed E-state index contributed by atoms with van der Waals surface area (Å²) in [5.41, 5.74) is 1.02. The molecule has 3 nitrogen and oxygen atoms in total. The lowest BCUT2D eigenvalue weighted by Gasteiger charge is -2.15. The van der Waals surface area contributed by atoms with Gasteiger partial charge in [0.25, 0.3) is 0 Å². The Hall–Kier alpha value is -1.22. The predicted octanol–water partition coefficient (Wildman–Crippen LogP) is 2.66. The number of hydrogen-bond donors (Lipinski definition) is 2. The largest absolute Gasteiger partial charge is 0.489 e. The SMILES string of the molecule is CC(C)Oc1ccccc1NCCCCO. The number of aliphatic hydroxyl groups is 1. The van der Waals surface area contributed by atoms with Gasteiger partial charge in [-0.05, 0) is 38.8 Å². The molecule has 0 fully saturated rings. The Morgan fingerprint density at radius 2 is 2.00 bits per heavy atom. The molecule has 1 aromatic carbocycles. The van der Waals surface area contributed by atoms with Gasteiger partial charge in [0.2, 0.25) is 0 Å². The molecule has 0 unspecified atom stereocenters. The highest BCUT2D eigenvalue weighted by atomic mass is 16.5. The molecule has 0 amide bonds. The Morgan fingerprint density at radius 3 is 2.69 bits per heavy atom. The van der Waals surface area contributed by atoms with Crippen LogP contribution in [0.2, 0.25) is 0 Å². The van der Waals surface area contributed by atoms with Crippen LogP contribution >= 0.6 is 0 Å². The minimum Gasteiger partial charge on any atom is -0.489 e. The normalized spacial score (nSPS) is 10.5. The van der Waals surface area contributed by atoms with Gasteiger partial charge in [0.1, 0.15) is 5.75 Å². The monoisotopic (exact) mass is 223 g/mol. The van der Waals surface area contributed by atoms with Crippen molar-refractivity contribution in [2.24, 2.45) is 0 Å². The number of hydrogen-bond acceptors (Lipinski definition) is 3. The molecule has 0 saturated carbocycles. The second-order valence-electron chi connectivity index (χ2n) is 4.02. The van der Waals surface area contributed by atoms with Crippen molar-refractivity contribution >= 4 is 5.69 Å². The second-order valence-corrected chi connectivity index (χ2v) is 4.02. The van der Waals surface area contributed by atoms with E-state index < -0.39 is 0 Å². The maximum atomic E-state index is 8.68. The summed E-state index contributed by atoms with van der Waals surface area (Å²) in [5, 5.41) is 12.0. The number of nitrogens with one attached hydrogen (secondary N) is 1. The van der Waals surface area contributed by atoms with Crippen LogP contribution in [0.15, 0.2) is 24.3 Å². The molecule has 0 bridgehead atoms. The van der Waals surface area contributed by atoms with Crippen LogP contribution in [0.25, 0.3) is 0 Å². The van der Waals surface area contributed by atoms with Gasteiger partial charge in [-0.3, -0.25) is 0 Å². The highest BCUT2D eigenvalue weighted by Gasteiger charge is 2.03. The quantitative estimate of drug-likeness (QED) is 0.698. The summed E-state index contributed by atoms with van der Waals surface area (Å²) < 4.78 is 5.69. The Balaban J connectivity index is 2.50. The van der Waals surface area contributed by atoms with Crippen molar-refractivity contribution in [1.82, 2.24) is 0 Å². The summed E-state index contributed by atoms with van der Waals surface area (Å²) >= 11 is 0. The topological polar surface area (TPSA) is 41.5 Å². The molecule has 16 heavy (non-hydrogen) atoms. The summed E-state index contributed by atoms with van der Waals surface area (Å²) in [5.74, 6) is 0.890. The molecule has 0 aliphatic heterocycles. The maximum absolute atomic E-state index is 8.68. The van der Waals surface area contributed by atoms with Gasteiger partial charge in [0.05, 0.1) is 11.8 Å². The first-order chi connectivity index (χ1) is 7.74. The van der Waals surface area contributed by atoms with Gasteiger partial charge in [-0.2, -0.15) is 0 Å². The van der Waals surface area contributed by atoms with E-state index >= 15 is 0 Å². The van der Waals surface area contributed by atoms with Crippen molar-refractivity contribution in [3.05, 3.63) is 24.3 Å². The van der Waals surface area contributed by atoms with Crippen molar-refractivity contribution in [3.8, 4) is 5.75 Å². The molecule has 0 spiro atoms. The molecule has 0 aliphatic rings. The van der Waals surface area contributed by atoms with Crippen molar-refractivity contribution in [2.75, 3.05) is 18.5 Å². The van der Waals surface area contributed by atoms with Crippen LogP contribution < -0.4 is 10.1 Å². The van der Waals surface area contributed by atoms with E-state index in [0.29, 0.717) is 0 Å². The number of aliphatic hydroxyl groups excluding tert-OH is 1. The van der Waals surface area contributed by atoms with Crippen LogP contribution in [0, 0.1) is 0 Å². The molecule has 0 heterocycles. The molecule has 1 rings (SSSR count). The number of benzene rings is 1. The fourth-order valence-electron chi connectivity index (χ4n) is 1.43. The molecule has 0 aromatic heterocycles. The van der Waals surface area contributed by atoms with Crippen LogP contribution in [-0.2, 0) is 0 Å². The highest BCUT2D eigenvalue weighted by Crippen LogP contribution is 2.24. The first kappa shape index (κ1) is 12.8. The minimum absolute atomic E-state index is 0.181.